The van der Waals surface area contributed by atoms with Gasteiger partial charge < -0.3 is 10.2 Å². The van der Waals surface area contributed by atoms with Gasteiger partial charge in [0.25, 0.3) is 0 Å². The lowest BCUT2D eigenvalue weighted by atomic mass is 10.1. The molecule has 1 heterocycles. The van der Waals surface area contributed by atoms with E-state index >= 15 is 0 Å². The van der Waals surface area contributed by atoms with Crippen LogP contribution in [0.3, 0.4) is 0 Å². The van der Waals surface area contributed by atoms with Crippen LogP contribution in [0.25, 0.3) is 0 Å². The van der Waals surface area contributed by atoms with Crippen LogP contribution < -0.4 is 5.32 Å². The number of para-hydroxylation sites is 1. The number of likely N-dealkylation sites (tertiary alicyclic amines) is 1. The average Bonchev–Trinajstić information content (AvgIpc) is 3.17. The van der Waals surface area contributed by atoms with Crippen molar-refractivity contribution in [3.8, 4) is 6.07 Å². The van der Waals surface area contributed by atoms with Gasteiger partial charge in [-0.2, -0.15) is 5.26 Å². The van der Waals surface area contributed by atoms with Crippen molar-refractivity contribution in [2.75, 3.05) is 11.9 Å². The molecule has 0 bridgehead atoms. The molecule has 1 N–H and O–H groups in total. The van der Waals surface area contributed by atoms with E-state index < -0.39 is 0 Å². The van der Waals surface area contributed by atoms with Gasteiger partial charge in [-0.1, -0.05) is 17.7 Å². The number of amides is 1. The molecule has 19 heavy (non-hydrogen) atoms. The Morgan fingerprint density at radius 1 is 1.42 bits per heavy atom. The summed E-state index contributed by atoms with van der Waals surface area (Å²) in [6, 6.07) is 7.84. The minimum absolute atomic E-state index is 0.0418. The highest BCUT2D eigenvalue weighted by Crippen LogP contribution is 2.33. The first-order valence-corrected chi connectivity index (χ1v) is 6.81. The van der Waals surface area contributed by atoms with Gasteiger partial charge in [0.2, 0.25) is 5.91 Å². The van der Waals surface area contributed by atoms with Gasteiger partial charge in [0, 0.05) is 19.0 Å². The molecule has 0 spiro atoms. The number of hydrogen-bond donors (Lipinski definition) is 1. The Morgan fingerprint density at radius 2 is 2.21 bits per heavy atom. The van der Waals surface area contributed by atoms with E-state index in [2.05, 4.69) is 11.4 Å². The standard InChI is InChI=1S/C14H14ClN3O/c15-12-3-1-2-9(7-16)14(12)17-10-6-13(19)18(8-10)11-4-5-11/h1-3,10-11,17H,4-6,8H2. The summed E-state index contributed by atoms with van der Waals surface area (Å²) in [7, 11) is 0. The second-order valence-corrected chi connectivity index (χ2v) is 5.50. The molecule has 1 amide bonds. The third-order valence-electron chi connectivity index (χ3n) is 3.63. The van der Waals surface area contributed by atoms with Crippen LogP contribution in [0, 0.1) is 11.3 Å². The van der Waals surface area contributed by atoms with E-state index in [-0.39, 0.29) is 11.9 Å². The van der Waals surface area contributed by atoms with Gasteiger partial charge in [0.05, 0.1) is 22.3 Å². The van der Waals surface area contributed by atoms with Crippen molar-refractivity contribution in [3.05, 3.63) is 28.8 Å². The predicted octanol–water partition coefficient (Wildman–Crippen LogP) is 2.39. The van der Waals surface area contributed by atoms with E-state index in [1.54, 1.807) is 18.2 Å². The molecule has 1 aliphatic carbocycles. The summed E-state index contributed by atoms with van der Waals surface area (Å²) >= 11 is 6.12. The average molecular weight is 276 g/mol. The van der Waals surface area contributed by atoms with Crippen LogP contribution in [0.4, 0.5) is 5.69 Å². The minimum Gasteiger partial charge on any atom is -0.378 e. The molecule has 2 aliphatic rings. The van der Waals surface area contributed by atoms with Gasteiger partial charge in [-0.25, -0.2) is 0 Å². The van der Waals surface area contributed by atoms with Gasteiger partial charge >= 0.3 is 0 Å². The molecule has 5 heteroatoms. The van der Waals surface area contributed by atoms with Crippen LogP contribution in [-0.4, -0.2) is 29.4 Å². The van der Waals surface area contributed by atoms with Gasteiger partial charge in [0.1, 0.15) is 6.07 Å². The SMILES string of the molecule is N#Cc1cccc(Cl)c1NC1CC(=O)N(C2CC2)C1. The fraction of sp³-hybridized carbons (Fsp3) is 0.429. The van der Waals surface area contributed by atoms with Gasteiger partial charge in [-0.15, -0.1) is 0 Å². The summed E-state index contributed by atoms with van der Waals surface area (Å²) < 4.78 is 0. The Hall–Kier alpha value is -1.73. The van der Waals surface area contributed by atoms with Crippen LogP contribution in [0.2, 0.25) is 5.02 Å². The molecule has 1 saturated carbocycles. The highest BCUT2D eigenvalue weighted by Gasteiger charge is 2.39. The monoisotopic (exact) mass is 275 g/mol. The number of halogens is 1. The maximum Gasteiger partial charge on any atom is 0.225 e. The zero-order valence-electron chi connectivity index (χ0n) is 10.4. The zero-order chi connectivity index (χ0) is 13.4. The molecule has 2 fully saturated rings. The van der Waals surface area contributed by atoms with Crippen LogP contribution in [0.15, 0.2) is 18.2 Å². The van der Waals surface area contributed by atoms with Crippen LogP contribution >= 0.6 is 11.6 Å². The lowest BCUT2D eigenvalue weighted by Crippen LogP contribution is -2.29. The molecule has 1 aromatic carbocycles. The molecule has 3 rings (SSSR count). The van der Waals surface area contributed by atoms with Crippen molar-refractivity contribution in [1.82, 2.24) is 4.90 Å². The Balaban J connectivity index is 1.76. The van der Waals surface area contributed by atoms with E-state index in [1.165, 1.54) is 0 Å². The summed E-state index contributed by atoms with van der Waals surface area (Å²) in [5.74, 6) is 0.200. The Kier molecular flexibility index (Phi) is 3.08. The van der Waals surface area contributed by atoms with Crippen LogP contribution in [0.1, 0.15) is 24.8 Å². The number of rotatable bonds is 3. The van der Waals surface area contributed by atoms with Crippen LogP contribution in [-0.2, 0) is 4.79 Å². The van der Waals surface area contributed by atoms with Crippen molar-refractivity contribution in [2.45, 2.75) is 31.3 Å². The molecule has 0 radical (unpaired) electrons. The lowest BCUT2D eigenvalue weighted by Gasteiger charge is -2.18. The number of benzene rings is 1. The highest BCUT2D eigenvalue weighted by atomic mass is 35.5. The summed E-state index contributed by atoms with van der Waals surface area (Å²) in [5.41, 5.74) is 1.16. The normalized spacial score (nSPS) is 22.4. The summed E-state index contributed by atoms with van der Waals surface area (Å²) in [5, 5.41) is 12.9. The number of nitrogens with one attached hydrogen (secondary N) is 1. The molecule has 4 nitrogen and oxygen atoms in total. The molecule has 1 unspecified atom stereocenters. The first-order valence-electron chi connectivity index (χ1n) is 6.43. The molecule has 0 aromatic heterocycles. The maximum absolute atomic E-state index is 11.9. The number of nitrogens with zero attached hydrogens (tertiary/aromatic N) is 2. The third-order valence-corrected chi connectivity index (χ3v) is 3.94. The van der Waals surface area contributed by atoms with Crippen molar-refractivity contribution in [2.24, 2.45) is 0 Å². The lowest BCUT2D eigenvalue weighted by molar-refractivity contribution is -0.128. The Bertz CT molecular complexity index is 562. The van der Waals surface area contributed by atoms with Crippen molar-refractivity contribution >= 4 is 23.2 Å². The second kappa shape index (κ2) is 4.75. The largest absolute Gasteiger partial charge is 0.378 e. The quantitative estimate of drug-likeness (QED) is 0.921. The predicted molar refractivity (Wildman–Crippen MR) is 72.9 cm³/mol. The number of hydrogen-bond acceptors (Lipinski definition) is 3. The second-order valence-electron chi connectivity index (χ2n) is 5.10. The minimum atomic E-state index is 0.0418. The van der Waals surface area contributed by atoms with Crippen molar-refractivity contribution in [3.63, 3.8) is 0 Å². The number of carbonyl (C=O) groups is 1. The van der Waals surface area contributed by atoms with E-state index in [1.807, 2.05) is 4.90 Å². The van der Waals surface area contributed by atoms with Crippen molar-refractivity contribution in [1.29, 1.82) is 5.26 Å². The topological polar surface area (TPSA) is 56.1 Å². The molecule has 1 aromatic rings. The molecule has 1 aliphatic heterocycles. The summed E-state index contributed by atoms with van der Waals surface area (Å²) in [6.45, 7) is 0.708. The van der Waals surface area contributed by atoms with E-state index in [9.17, 15) is 4.79 Å². The van der Waals surface area contributed by atoms with Gasteiger partial charge in [-0.3, -0.25) is 4.79 Å². The van der Waals surface area contributed by atoms with E-state index in [0.717, 1.165) is 12.8 Å². The molecular weight excluding hydrogens is 262 g/mol. The van der Waals surface area contributed by atoms with Gasteiger partial charge in [0.15, 0.2) is 0 Å². The van der Waals surface area contributed by atoms with Gasteiger partial charge in [-0.05, 0) is 25.0 Å². The summed E-state index contributed by atoms with van der Waals surface area (Å²) in [4.78, 5) is 13.8. The highest BCUT2D eigenvalue weighted by molar-refractivity contribution is 6.33. The third kappa shape index (κ3) is 2.39. The van der Waals surface area contributed by atoms with E-state index in [4.69, 9.17) is 16.9 Å². The van der Waals surface area contributed by atoms with Crippen molar-refractivity contribution < 1.29 is 4.79 Å². The van der Waals surface area contributed by atoms with Crippen LogP contribution in [0.5, 0.6) is 0 Å². The maximum atomic E-state index is 11.9. The zero-order valence-corrected chi connectivity index (χ0v) is 11.2. The molecule has 98 valence electrons. The fourth-order valence-electron chi connectivity index (χ4n) is 2.54. The Labute approximate surface area is 117 Å². The molecule has 1 saturated heterocycles. The fourth-order valence-corrected chi connectivity index (χ4v) is 2.76. The molecule has 1 atom stereocenters. The first kappa shape index (κ1) is 12.3. The number of carbonyl (C=O) groups excluding carboxylic acids is 1. The first-order chi connectivity index (χ1) is 9.19. The van der Waals surface area contributed by atoms with E-state index in [0.29, 0.717) is 35.3 Å². The smallest absolute Gasteiger partial charge is 0.225 e. The Morgan fingerprint density at radius 3 is 2.89 bits per heavy atom. The summed E-state index contributed by atoms with van der Waals surface area (Å²) in [6.07, 6.45) is 2.72. The number of anilines is 1. The number of nitriles is 1. The molecular formula is C14H14ClN3O.